The van der Waals surface area contributed by atoms with Crippen molar-refractivity contribution < 1.29 is 19.1 Å². The fourth-order valence-corrected chi connectivity index (χ4v) is 2.75. The van der Waals surface area contributed by atoms with Crippen LogP contribution < -0.4 is 15.5 Å². The van der Waals surface area contributed by atoms with Crippen LogP contribution in [0, 0.1) is 0 Å². The van der Waals surface area contributed by atoms with Crippen LogP contribution in [0.2, 0.25) is 0 Å². The van der Waals surface area contributed by atoms with Crippen molar-refractivity contribution in [1.29, 1.82) is 0 Å². The molecule has 8 heteroatoms. The summed E-state index contributed by atoms with van der Waals surface area (Å²) >= 11 is 3.33. The molecule has 0 aliphatic heterocycles. The van der Waals surface area contributed by atoms with Crippen molar-refractivity contribution in [1.82, 2.24) is 5.43 Å². The van der Waals surface area contributed by atoms with Gasteiger partial charge in [-0.1, -0.05) is 52.3 Å². The first kappa shape index (κ1) is 20.9. The van der Waals surface area contributed by atoms with E-state index < -0.39 is 17.8 Å². The first-order valence-electron chi connectivity index (χ1n) is 8.79. The number of nitrogens with one attached hydrogen (secondary N) is 2. The van der Waals surface area contributed by atoms with Crippen LogP contribution in [0.5, 0.6) is 5.75 Å². The predicted molar refractivity (Wildman–Crippen MR) is 116 cm³/mol. The summed E-state index contributed by atoms with van der Waals surface area (Å²) in [6.45, 7) is 0. The number of carbonyl (C=O) groups is 3. The van der Waals surface area contributed by atoms with Crippen LogP contribution in [-0.4, -0.2) is 24.0 Å². The minimum atomic E-state index is -0.937. The Balaban J connectivity index is 1.66. The number of rotatable bonds is 5. The van der Waals surface area contributed by atoms with Gasteiger partial charge in [0.1, 0.15) is 5.75 Å². The summed E-state index contributed by atoms with van der Waals surface area (Å²) in [5.41, 5.74) is 3.46. The number of hydrogen-bond donors (Lipinski definition) is 2. The Morgan fingerprint density at radius 1 is 0.867 bits per heavy atom. The van der Waals surface area contributed by atoms with E-state index in [1.165, 1.54) is 6.21 Å². The van der Waals surface area contributed by atoms with Gasteiger partial charge in [-0.3, -0.25) is 9.59 Å². The summed E-state index contributed by atoms with van der Waals surface area (Å²) in [4.78, 5) is 36.1. The molecule has 30 heavy (non-hydrogen) atoms. The largest absolute Gasteiger partial charge is 0.422 e. The van der Waals surface area contributed by atoms with Crippen molar-refractivity contribution in [3.8, 4) is 5.75 Å². The van der Waals surface area contributed by atoms with Crippen LogP contribution >= 0.6 is 15.9 Å². The van der Waals surface area contributed by atoms with Crippen LogP contribution in [0.4, 0.5) is 5.69 Å². The molecule has 0 aliphatic rings. The van der Waals surface area contributed by atoms with Gasteiger partial charge in [0.05, 0.1) is 11.8 Å². The molecule has 0 aromatic heterocycles. The number of benzene rings is 3. The zero-order chi connectivity index (χ0) is 21.3. The van der Waals surface area contributed by atoms with E-state index in [1.54, 1.807) is 78.9 Å². The molecule has 3 rings (SSSR count). The van der Waals surface area contributed by atoms with Gasteiger partial charge in [0, 0.05) is 15.7 Å². The molecule has 0 atom stereocenters. The SMILES string of the molecule is O=C(N/N=C\c1cc(Br)ccc1OC(=O)c1ccccc1)C(=O)Nc1ccccc1. The molecule has 0 saturated carbocycles. The Morgan fingerprint density at radius 2 is 1.53 bits per heavy atom. The van der Waals surface area contributed by atoms with Crippen molar-refractivity contribution >= 4 is 45.6 Å². The number of hydrogen-bond acceptors (Lipinski definition) is 5. The van der Waals surface area contributed by atoms with Gasteiger partial charge < -0.3 is 10.1 Å². The number of anilines is 1. The number of carbonyl (C=O) groups excluding carboxylic acids is 3. The number of para-hydroxylation sites is 1. The molecule has 2 amide bonds. The molecule has 0 unspecified atom stereocenters. The second-order valence-electron chi connectivity index (χ2n) is 5.96. The van der Waals surface area contributed by atoms with Crippen LogP contribution in [0.25, 0.3) is 0 Å². The van der Waals surface area contributed by atoms with Crippen molar-refractivity contribution in [2.45, 2.75) is 0 Å². The third kappa shape index (κ3) is 5.86. The third-order valence-electron chi connectivity index (χ3n) is 3.79. The van der Waals surface area contributed by atoms with E-state index in [2.05, 4.69) is 31.8 Å². The number of halogens is 1. The van der Waals surface area contributed by atoms with Crippen molar-refractivity contribution in [2.75, 3.05) is 5.32 Å². The van der Waals surface area contributed by atoms with Gasteiger partial charge >= 0.3 is 17.8 Å². The highest BCUT2D eigenvalue weighted by Gasteiger charge is 2.14. The molecule has 0 bridgehead atoms. The number of hydrazone groups is 1. The summed E-state index contributed by atoms with van der Waals surface area (Å²) < 4.78 is 6.15. The smallest absolute Gasteiger partial charge is 0.343 e. The van der Waals surface area contributed by atoms with Crippen molar-refractivity contribution in [3.05, 3.63) is 94.5 Å². The van der Waals surface area contributed by atoms with Gasteiger partial charge in [-0.2, -0.15) is 5.10 Å². The monoisotopic (exact) mass is 465 g/mol. The van der Waals surface area contributed by atoms with E-state index in [4.69, 9.17) is 4.74 Å². The van der Waals surface area contributed by atoms with E-state index in [-0.39, 0.29) is 5.75 Å². The summed E-state index contributed by atoms with van der Waals surface area (Å²) in [5.74, 6) is -2.08. The molecule has 3 aromatic rings. The summed E-state index contributed by atoms with van der Waals surface area (Å²) in [7, 11) is 0. The van der Waals surface area contributed by atoms with Gasteiger partial charge in [-0.15, -0.1) is 0 Å². The van der Waals surface area contributed by atoms with E-state index in [1.807, 2.05) is 0 Å². The molecule has 0 radical (unpaired) electrons. The van der Waals surface area contributed by atoms with E-state index in [0.29, 0.717) is 16.8 Å². The Labute approximate surface area is 180 Å². The standard InChI is InChI=1S/C22H16BrN3O4/c23-17-11-12-19(30-22(29)15-7-3-1-4-8-15)16(13-17)14-24-26-21(28)20(27)25-18-9-5-2-6-10-18/h1-14H,(H,25,27)(H,26,28)/b24-14-. The Kier molecular flexibility index (Phi) is 7.07. The first-order valence-corrected chi connectivity index (χ1v) is 9.58. The third-order valence-corrected chi connectivity index (χ3v) is 4.28. The van der Waals surface area contributed by atoms with Gasteiger partial charge in [-0.25, -0.2) is 10.2 Å². The lowest BCUT2D eigenvalue weighted by Crippen LogP contribution is -2.32. The highest BCUT2D eigenvalue weighted by molar-refractivity contribution is 9.10. The fourth-order valence-electron chi connectivity index (χ4n) is 2.37. The van der Waals surface area contributed by atoms with Gasteiger partial charge in [0.2, 0.25) is 0 Å². The molecule has 2 N–H and O–H groups in total. The molecular formula is C22H16BrN3O4. The molecule has 0 fully saturated rings. The van der Waals surface area contributed by atoms with E-state index in [9.17, 15) is 14.4 Å². The number of ether oxygens (including phenoxy) is 1. The fraction of sp³-hybridized carbons (Fsp3) is 0. The predicted octanol–water partition coefficient (Wildman–Crippen LogP) is 3.76. The average molecular weight is 466 g/mol. The molecule has 0 aliphatic carbocycles. The lowest BCUT2D eigenvalue weighted by atomic mass is 10.2. The maximum atomic E-state index is 12.3. The summed E-state index contributed by atoms with van der Waals surface area (Å²) in [5, 5.41) is 6.24. The van der Waals surface area contributed by atoms with Crippen LogP contribution in [-0.2, 0) is 9.59 Å². The van der Waals surface area contributed by atoms with Gasteiger partial charge in [0.25, 0.3) is 0 Å². The number of esters is 1. The van der Waals surface area contributed by atoms with Gasteiger partial charge in [-0.05, 0) is 42.5 Å². The lowest BCUT2D eigenvalue weighted by Gasteiger charge is -2.08. The zero-order valence-corrected chi connectivity index (χ0v) is 17.1. The Bertz CT molecular complexity index is 1090. The quantitative estimate of drug-likeness (QED) is 0.197. The highest BCUT2D eigenvalue weighted by atomic mass is 79.9. The molecule has 0 spiro atoms. The van der Waals surface area contributed by atoms with Crippen molar-refractivity contribution in [3.63, 3.8) is 0 Å². The highest BCUT2D eigenvalue weighted by Crippen LogP contribution is 2.23. The normalized spacial score (nSPS) is 10.4. The van der Waals surface area contributed by atoms with E-state index >= 15 is 0 Å². The molecule has 0 heterocycles. The zero-order valence-electron chi connectivity index (χ0n) is 15.5. The number of nitrogens with zero attached hydrogens (tertiary/aromatic N) is 1. The lowest BCUT2D eigenvalue weighted by molar-refractivity contribution is -0.136. The summed E-state index contributed by atoms with van der Waals surface area (Å²) in [6, 6.07) is 22.1. The maximum absolute atomic E-state index is 12.3. The average Bonchev–Trinajstić information content (AvgIpc) is 2.76. The minimum absolute atomic E-state index is 0.249. The van der Waals surface area contributed by atoms with Crippen LogP contribution in [0.1, 0.15) is 15.9 Å². The minimum Gasteiger partial charge on any atom is -0.422 e. The van der Waals surface area contributed by atoms with Crippen LogP contribution in [0.15, 0.2) is 88.4 Å². The topological polar surface area (TPSA) is 96.9 Å². The molecular weight excluding hydrogens is 450 g/mol. The molecule has 150 valence electrons. The molecule has 7 nitrogen and oxygen atoms in total. The number of amides is 2. The van der Waals surface area contributed by atoms with Crippen molar-refractivity contribution in [2.24, 2.45) is 5.10 Å². The Morgan fingerprint density at radius 3 is 2.23 bits per heavy atom. The first-order chi connectivity index (χ1) is 14.5. The molecule has 0 saturated heterocycles. The maximum Gasteiger partial charge on any atom is 0.343 e. The Hall–Kier alpha value is -3.78. The molecule has 3 aromatic carbocycles. The van der Waals surface area contributed by atoms with E-state index in [0.717, 1.165) is 4.47 Å². The second kappa shape index (κ2) is 10.1. The second-order valence-corrected chi connectivity index (χ2v) is 6.87. The van der Waals surface area contributed by atoms with Gasteiger partial charge in [0.15, 0.2) is 0 Å². The summed E-state index contributed by atoms with van der Waals surface area (Å²) in [6.07, 6.45) is 1.28. The van der Waals surface area contributed by atoms with Crippen LogP contribution in [0.3, 0.4) is 0 Å².